The van der Waals surface area contributed by atoms with Gasteiger partial charge in [-0.1, -0.05) is 72.8 Å². The molecule has 0 aromatic heterocycles. The Balaban J connectivity index is 1.08. The minimum absolute atomic E-state index is 0.0766. The Morgan fingerprint density at radius 2 is 1.54 bits per heavy atom. The maximum atomic E-state index is 14.8. The molecule has 274 valence electrons. The van der Waals surface area contributed by atoms with Crippen LogP contribution >= 0.6 is 0 Å². The largest absolute Gasteiger partial charge is 0.493 e. The zero-order chi connectivity index (χ0) is 36.3. The monoisotopic (exact) mass is 710 g/mol. The number of nitrogens with one attached hydrogen (secondary N) is 1. The van der Waals surface area contributed by atoms with Crippen molar-refractivity contribution in [2.24, 2.45) is 5.92 Å². The fourth-order valence-electron chi connectivity index (χ4n) is 7.26. The second kappa shape index (κ2) is 18.1. The van der Waals surface area contributed by atoms with Gasteiger partial charge in [0.1, 0.15) is 30.0 Å². The third-order valence-electron chi connectivity index (χ3n) is 10.1. The standard InChI is InChI=1S/C42H48F2N4O4/c1-2-51-39-15-9-14-38(44)37(39)29-47-24-26-48(27-25-47)41(49)40(45-42(50)52-30-31-10-5-3-6-11-31)33-18-21-46(22-19-33)23-20-34-28-35(43)16-17-36(34)32-12-7-4-8-13-32/h3-17,28,33,40H,2,18-27,29-30H2,1H3,(H,45,50)/t40-/m1/s1. The highest BCUT2D eigenvalue weighted by molar-refractivity contribution is 5.86. The van der Waals surface area contributed by atoms with Crippen LogP contribution in [0, 0.1) is 17.6 Å². The van der Waals surface area contributed by atoms with Gasteiger partial charge in [0.2, 0.25) is 5.91 Å². The van der Waals surface area contributed by atoms with E-state index in [1.807, 2.05) is 78.6 Å². The number of benzene rings is 4. The smallest absolute Gasteiger partial charge is 0.408 e. The Morgan fingerprint density at radius 3 is 2.25 bits per heavy atom. The van der Waals surface area contributed by atoms with E-state index in [2.05, 4.69) is 15.1 Å². The number of likely N-dealkylation sites (tertiary alicyclic amines) is 1. The quantitative estimate of drug-likeness (QED) is 0.162. The Hall–Kier alpha value is -4.80. The molecular formula is C42H48F2N4O4. The Kier molecular flexibility index (Phi) is 12.9. The summed E-state index contributed by atoms with van der Waals surface area (Å²) in [5, 5.41) is 2.95. The summed E-state index contributed by atoms with van der Waals surface area (Å²) >= 11 is 0. The molecule has 0 aliphatic carbocycles. The van der Waals surface area contributed by atoms with Gasteiger partial charge in [0.15, 0.2) is 0 Å². The van der Waals surface area contributed by atoms with Gasteiger partial charge < -0.3 is 24.6 Å². The van der Waals surface area contributed by atoms with Crippen LogP contribution in [0.5, 0.6) is 5.75 Å². The lowest BCUT2D eigenvalue weighted by Gasteiger charge is -2.40. The van der Waals surface area contributed by atoms with Gasteiger partial charge in [-0.05, 0) is 91.7 Å². The maximum Gasteiger partial charge on any atom is 0.408 e. The number of alkyl carbamates (subject to hydrolysis) is 1. The fraction of sp³-hybridized carbons (Fsp3) is 0.381. The highest BCUT2D eigenvalue weighted by Gasteiger charge is 2.37. The summed E-state index contributed by atoms with van der Waals surface area (Å²) in [6.07, 6.45) is 1.52. The molecule has 1 N–H and O–H groups in total. The van der Waals surface area contributed by atoms with Gasteiger partial charge in [-0.3, -0.25) is 9.69 Å². The molecule has 1 atom stereocenters. The SMILES string of the molecule is CCOc1cccc(F)c1CN1CCN(C(=O)[C@H](NC(=O)OCc2ccccc2)C2CCN(CCc3cc(F)ccc3-c3ccccc3)CC2)CC1. The van der Waals surface area contributed by atoms with E-state index in [0.717, 1.165) is 54.7 Å². The van der Waals surface area contributed by atoms with E-state index >= 15 is 0 Å². The van der Waals surface area contributed by atoms with Crippen molar-refractivity contribution in [1.82, 2.24) is 20.0 Å². The molecule has 2 saturated heterocycles. The van der Waals surface area contributed by atoms with E-state index < -0.39 is 12.1 Å². The van der Waals surface area contributed by atoms with Gasteiger partial charge in [0.05, 0.1) is 6.61 Å². The lowest BCUT2D eigenvalue weighted by Crippen LogP contribution is -2.58. The molecule has 4 aromatic rings. The summed E-state index contributed by atoms with van der Waals surface area (Å²) < 4.78 is 40.3. The summed E-state index contributed by atoms with van der Waals surface area (Å²) in [5.74, 6) is -0.210. The molecule has 0 unspecified atom stereocenters. The molecule has 0 bridgehead atoms. The molecule has 10 heteroatoms. The van der Waals surface area contributed by atoms with Crippen LogP contribution < -0.4 is 10.1 Å². The molecule has 2 aliphatic heterocycles. The van der Waals surface area contributed by atoms with Crippen LogP contribution in [-0.4, -0.2) is 85.2 Å². The molecule has 0 saturated carbocycles. The first kappa shape index (κ1) is 37.0. The van der Waals surface area contributed by atoms with Crippen LogP contribution in [0.1, 0.15) is 36.5 Å². The number of carbonyl (C=O) groups is 2. The number of ether oxygens (including phenoxy) is 2. The number of amides is 2. The maximum absolute atomic E-state index is 14.8. The number of nitrogens with zero attached hydrogens (tertiary/aromatic N) is 3. The van der Waals surface area contributed by atoms with Crippen molar-refractivity contribution in [3.63, 3.8) is 0 Å². The van der Waals surface area contributed by atoms with Crippen LogP contribution in [0.3, 0.4) is 0 Å². The van der Waals surface area contributed by atoms with Crippen LogP contribution in [0.2, 0.25) is 0 Å². The van der Waals surface area contributed by atoms with Crippen molar-refractivity contribution in [1.29, 1.82) is 0 Å². The highest BCUT2D eigenvalue weighted by atomic mass is 19.1. The highest BCUT2D eigenvalue weighted by Crippen LogP contribution is 2.28. The van der Waals surface area contributed by atoms with Crippen LogP contribution in [0.25, 0.3) is 11.1 Å². The van der Waals surface area contributed by atoms with Crippen molar-refractivity contribution in [2.45, 2.75) is 45.4 Å². The van der Waals surface area contributed by atoms with Gasteiger partial charge in [-0.25, -0.2) is 13.6 Å². The normalized spacial score (nSPS) is 16.3. The second-order valence-corrected chi connectivity index (χ2v) is 13.5. The van der Waals surface area contributed by atoms with E-state index in [1.54, 1.807) is 18.2 Å². The van der Waals surface area contributed by atoms with Gasteiger partial charge in [0, 0.05) is 44.8 Å². The zero-order valence-corrected chi connectivity index (χ0v) is 29.8. The van der Waals surface area contributed by atoms with Crippen LogP contribution in [0.15, 0.2) is 97.1 Å². The summed E-state index contributed by atoms with van der Waals surface area (Å²) in [5.41, 5.74) is 4.44. The fourth-order valence-corrected chi connectivity index (χ4v) is 7.26. The lowest BCUT2D eigenvalue weighted by molar-refractivity contribution is -0.137. The van der Waals surface area contributed by atoms with Crippen LogP contribution in [-0.2, 0) is 29.1 Å². The summed E-state index contributed by atoms with van der Waals surface area (Å²) in [6.45, 7) is 7.15. The number of rotatable bonds is 13. The summed E-state index contributed by atoms with van der Waals surface area (Å²) in [6, 6.07) is 28.6. The third kappa shape index (κ3) is 9.74. The predicted octanol–water partition coefficient (Wildman–Crippen LogP) is 6.92. The molecule has 2 aliphatic rings. The third-order valence-corrected chi connectivity index (χ3v) is 10.1. The van der Waals surface area contributed by atoms with E-state index in [9.17, 15) is 18.4 Å². The summed E-state index contributed by atoms with van der Waals surface area (Å²) in [4.78, 5) is 33.6. The molecule has 2 heterocycles. The Bertz CT molecular complexity index is 1760. The number of hydrogen-bond donors (Lipinski definition) is 1. The number of carbonyl (C=O) groups excluding carboxylic acids is 2. The average molecular weight is 711 g/mol. The molecule has 0 spiro atoms. The Labute approximate surface area is 305 Å². The van der Waals surface area contributed by atoms with Crippen LogP contribution in [0.4, 0.5) is 13.6 Å². The first-order chi connectivity index (χ1) is 25.4. The van der Waals surface area contributed by atoms with Crippen molar-refractivity contribution >= 4 is 12.0 Å². The molecule has 2 amide bonds. The van der Waals surface area contributed by atoms with Gasteiger partial charge in [0.25, 0.3) is 0 Å². The molecule has 2 fully saturated rings. The Morgan fingerprint density at radius 1 is 0.827 bits per heavy atom. The van der Waals surface area contributed by atoms with Crippen molar-refractivity contribution in [3.05, 3.63) is 125 Å². The molecule has 52 heavy (non-hydrogen) atoms. The van der Waals surface area contributed by atoms with E-state index in [-0.39, 0.29) is 30.1 Å². The van der Waals surface area contributed by atoms with Crippen molar-refractivity contribution < 1.29 is 27.8 Å². The van der Waals surface area contributed by atoms with Gasteiger partial charge in [-0.2, -0.15) is 0 Å². The second-order valence-electron chi connectivity index (χ2n) is 13.5. The molecule has 6 rings (SSSR count). The first-order valence-electron chi connectivity index (χ1n) is 18.3. The minimum atomic E-state index is -0.735. The topological polar surface area (TPSA) is 74.3 Å². The molecular weight excluding hydrogens is 662 g/mol. The number of hydrogen-bond acceptors (Lipinski definition) is 6. The number of halogens is 2. The van der Waals surface area contributed by atoms with E-state index in [0.29, 0.717) is 57.1 Å². The van der Waals surface area contributed by atoms with E-state index in [1.165, 1.54) is 12.1 Å². The lowest BCUT2D eigenvalue weighted by atomic mass is 9.88. The van der Waals surface area contributed by atoms with Crippen molar-refractivity contribution in [3.8, 4) is 16.9 Å². The summed E-state index contributed by atoms with van der Waals surface area (Å²) in [7, 11) is 0. The van der Waals surface area contributed by atoms with E-state index in [4.69, 9.17) is 9.47 Å². The number of piperazine rings is 1. The minimum Gasteiger partial charge on any atom is -0.493 e. The number of piperidine rings is 1. The van der Waals surface area contributed by atoms with Gasteiger partial charge >= 0.3 is 6.09 Å². The zero-order valence-electron chi connectivity index (χ0n) is 29.8. The molecule has 4 aromatic carbocycles. The average Bonchev–Trinajstić information content (AvgIpc) is 3.18. The molecule has 8 nitrogen and oxygen atoms in total. The van der Waals surface area contributed by atoms with Crippen molar-refractivity contribution in [2.75, 3.05) is 52.4 Å². The molecule has 0 radical (unpaired) electrons. The predicted molar refractivity (Wildman–Crippen MR) is 198 cm³/mol. The van der Waals surface area contributed by atoms with Gasteiger partial charge in [-0.15, -0.1) is 0 Å². The first-order valence-corrected chi connectivity index (χ1v) is 18.3.